The molecule has 4 rings (SSSR count). The molecule has 0 radical (unpaired) electrons. The number of nitrogens with zero attached hydrogens (tertiary/aromatic N) is 4. The molecule has 0 saturated heterocycles. The van der Waals surface area contributed by atoms with Gasteiger partial charge in [0.15, 0.2) is 5.78 Å². The van der Waals surface area contributed by atoms with E-state index in [4.69, 9.17) is 0 Å². The number of thioether (sulfide) groups is 1. The van der Waals surface area contributed by atoms with E-state index >= 15 is 0 Å². The number of fused-ring (bicyclic) bond motifs is 3. The lowest BCUT2D eigenvalue weighted by atomic mass is 9.89. The number of rotatable bonds is 3. The second-order valence-corrected chi connectivity index (χ2v) is 7.44. The average molecular weight is 424 g/mol. The Hall–Kier alpha value is -3.86. The molecular formula is C19H12N4O6S. The van der Waals surface area contributed by atoms with E-state index in [1.165, 1.54) is 0 Å². The second kappa shape index (κ2) is 7.19. The van der Waals surface area contributed by atoms with Gasteiger partial charge in [-0.15, -0.1) is 11.8 Å². The van der Waals surface area contributed by atoms with E-state index in [1.54, 1.807) is 31.2 Å². The van der Waals surface area contributed by atoms with Crippen molar-refractivity contribution in [1.82, 2.24) is 0 Å². The number of carbonyl (C=O) groups excluding carboxylic acids is 2. The zero-order valence-corrected chi connectivity index (χ0v) is 16.2. The van der Waals surface area contributed by atoms with Crippen molar-refractivity contribution in [3.8, 4) is 0 Å². The zero-order valence-electron chi connectivity index (χ0n) is 15.4. The number of carbonyl (C=O) groups is 2. The van der Waals surface area contributed by atoms with Crippen molar-refractivity contribution in [2.75, 3.05) is 10.8 Å². The van der Waals surface area contributed by atoms with Crippen molar-refractivity contribution in [3.05, 3.63) is 84.3 Å². The maximum absolute atomic E-state index is 12.8. The monoisotopic (exact) mass is 424 g/mol. The number of hydrogen-bond acceptors (Lipinski definition) is 8. The maximum atomic E-state index is 12.8. The topological polar surface area (TPSA) is 136 Å². The van der Waals surface area contributed by atoms with Crippen LogP contribution in [0.1, 0.15) is 22.8 Å². The number of anilines is 1. The minimum absolute atomic E-state index is 0.108. The molecule has 1 aliphatic carbocycles. The number of hydrogen-bond donors (Lipinski definition) is 0. The zero-order chi connectivity index (χ0) is 21.6. The lowest BCUT2D eigenvalue weighted by Crippen LogP contribution is -2.28. The molecular weight excluding hydrogens is 412 g/mol. The Morgan fingerprint density at radius 2 is 1.73 bits per heavy atom. The Kier molecular flexibility index (Phi) is 4.66. The van der Waals surface area contributed by atoms with Crippen LogP contribution >= 0.6 is 11.8 Å². The van der Waals surface area contributed by atoms with Gasteiger partial charge in [-0.1, -0.05) is 24.3 Å². The van der Waals surface area contributed by atoms with Crippen LogP contribution < -0.4 is 5.01 Å². The molecule has 1 amide bonds. The van der Waals surface area contributed by atoms with Crippen LogP contribution in [0, 0.1) is 20.2 Å². The van der Waals surface area contributed by atoms with Crippen molar-refractivity contribution >= 4 is 46.2 Å². The molecule has 2 aromatic carbocycles. The molecule has 0 aromatic heterocycles. The minimum atomic E-state index is -0.797. The minimum Gasteiger partial charge on any atom is -0.289 e. The first-order chi connectivity index (χ1) is 14.3. The van der Waals surface area contributed by atoms with Crippen molar-refractivity contribution < 1.29 is 19.4 Å². The number of Topliss-reactive ketones (excluding diaryl/α,β-unsaturated/α-hetero) is 1. The van der Waals surface area contributed by atoms with Crippen LogP contribution in [-0.4, -0.2) is 33.0 Å². The van der Waals surface area contributed by atoms with Gasteiger partial charge in [-0.05, 0) is 13.0 Å². The molecule has 0 fully saturated rings. The van der Waals surface area contributed by atoms with E-state index in [0.29, 0.717) is 27.3 Å². The third-order valence-corrected chi connectivity index (χ3v) is 5.87. The van der Waals surface area contributed by atoms with E-state index in [-0.39, 0.29) is 17.2 Å². The first kappa shape index (κ1) is 19.5. The van der Waals surface area contributed by atoms with Gasteiger partial charge >= 0.3 is 5.69 Å². The van der Waals surface area contributed by atoms with Crippen LogP contribution in [0.15, 0.2) is 58.0 Å². The molecule has 0 bridgehead atoms. The number of hydrazone groups is 1. The highest BCUT2D eigenvalue weighted by atomic mass is 32.2. The van der Waals surface area contributed by atoms with Crippen LogP contribution in [0.3, 0.4) is 0 Å². The van der Waals surface area contributed by atoms with Crippen LogP contribution in [0.25, 0.3) is 0 Å². The second-order valence-electron chi connectivity index (χ2n) is 6.46. The Morgan fingerprint density at radius 3 is 2.40 bits per heavy atom. The SMILES string of the molecule is CC1=C2SCC(=O)N(c3ccc([N+](=O)[O-])cc3[N+](=O)[O-])N=C2c2ccccc2C1=O. The lowest BCUT2D eigenvalue weighted by molar-refractivity contribution is -0.393. The van der Waals surface area contributed by atoms with Crippen LogP contribution in [0.2, 0.25) is 0 Å². The summed E-state index contributed by atoms with van der Waals surface area (Å²) in [4.78, 5) is 47.0. The van der Waals surface area contributed by atoms with Crippen LogP contribution in [0.5, 0.6) is 0 Å². The highest BCUT2D eigenvalue weighted by Crippen LogP contribution is 2.39. The van der Waals surface area contributed by atoms with Crippen molar-refractivity contribution in [1.29, 1.82) is 0 Å². The number of non-ortho nitro benzene ring substituents is 1. The number of nitro groups is 2. The van der Waals surface area contributed by atoms with Crippen LogP contribution in [0.4, 0.5) is 17.1 Å². The number of amides is 1. The summed E-state index contributed by atoms with van der Waals surface area (Å²) >= 11 is 1.13. The first-order valence-electron chi connectivity index (χ1n) is 8.62. The predicted octanol–water partition coefficient (Wildman–Crippen LogP) is 3.46. The summed E-state index contributed by atoms with van der Waals surface area (Å²) in [7, 11) is 0. The molecule has 10 nitrogen and oxygen atoms in total. The molecule has 11 heteroatoms. The highest BCUT2D eigenvalue weighted by molar-refractivity contribution is 8.04. The number of benzene rings is 2. The summed E-state index contributed by atoms with van der Waals surface area (Å²) in [5.41, 5.74) is 0.454. The van der Waals surface area contributed by atoms with E-state index in [0.717, 1.165) is 35.0 Å². The van der Waals surface area contributed by atoms with Crippen molar-refractivity contribution in [3.63, 3.8) is 0 Å². The van der Waals surface area contributed by atoms with Gasteiger partial charge < -0.3 is 0 Å². The smallest absolute Gasteiger partial charge is 0.289 e. The molecule has 0 unspecified atom stereocenters. The fourth-order valence-electron chi connectivity index (χ4n) is 3.26. The van der Waals surface area contributed by atoms with E-state index in [1.807, 2.05) is 0 Å². The predicted molar refractivity (Wildman–Crippen MR) is 110 cm³/mol. The number of allylic oxidation sites excluding steroid dienone is 2. The van der Waals surface area contributed by atoms with Crippen molar-refractivity contribution in [2.45, 2.75) is 6.92 Å². The number of ketones is 1. The molecule has 1 aliphatic heterocycles. The van der Waals surface area contributed by atoms with E-state index in [2.05, 4.69) is 5.10 Å². The van der Waals surface area contributed by atoms with Gasteiger partial charge in [0.1, 0.15) is 11.4 Å². The maximum Gasteiger partial charge on any atom is 0.301 e. The summed E-state index contributed by atoms with van der Waals surface area (Å²) in [5.74, 6) is -0.832. The summed E-state index contributed by atoms with van der Waals surface area (Å²) in [6, 6.07) is 9.78. The third-order valence-electron chi connectivity index (χ3n) is 4.69. The van der Waals surface area contributed by atoms with E-state index in [9.17, 15) is 29.8 Å². The Morgan fingerprint density at radius 1 is 1.03 bits per heavy atom. The largest absolute Gasteiger partial charge is 0.301 e. The van der Waals surface area contributed by atoms with Gasteiger partial charge in [0, 0.05) is 27.7 Å². The molecule has 0 spiro atoms. The molecule has 2 aliphatic rings. The third kappa shape index (κ3) is 3.05. The van der Waals surface area contributed by atoms with Crippen molar-refractivity contribution in [2.24, 2.45) is 5.10 Å². The Bertz CT molecular complexity index is 1220. The molecule has 0 N–H and O–H groups in total. The highest BCUT2D eigenvalue weighted by Gasteiger charge is 2.35. The van der Waals surface area contributed by atoms with Crippen LogP contribution in [-0.2, 0) is 4.79 Å². The molecule has 1 heterocycles. The Labute approximate surface area is 173 Å². The fraction of sp³-hybridized carbons (Fsp3) is 0.105. The van der Waals surface area contributed by atoms with Gasteiger partial charge in [-0.25, -0.2) is 0 Å². The normalized spacial score (nSPS) is 15.9. The van der Waals surface area contributed by atoms with Gasteiger partial charge in [0.05, 0.1) is 21.7 Å². The Balaban J connectivity index is 1.95. The summed E-state index contributed by atoms with van der Waals surface area (Å²) in [6.07, 6.45) is 0. The van der Waals surface area contributed by atoms with Gasteiger partial charge in [-0.3, -0.25) is 29.8 Å². The summed E-state index contributed by atoms with van der Waals surface area (Å²) < 4.78 is 0. The first-order valence-corrected chi connectivity index (χ1v) is 9.60. The standard InChI is InChI=1S/C19H12N4O6S/c1-10-18(25)13-5-3-2-4-12(13)17-19(10)30-9-16(24)21(20-17)14-7-6-11(22(26)27)8-15(14)23(28)29/h2-8H,9H2,1H3. The average Bonchev–Trinajstić information content (AvgIpc) is 2.91. The van der Waals surface area contributed by atoms with E-state index < -0.39 is 27.1 Å². The quantitative estimate of drug-likeness (QED) is 0.543. The van der Waals surface area contributed by atoms with Gasteiger partial charge in [0.25, 0.3) is 11.6 Å². The van der Waals surface area contributed by atoms with Gasteiger partial charge in [0.2, 0.25) is 0 Å². The number of nitro benzene ring substituents is 2. The molecule has 2 aromatic rings. The fourth-order valence-corrected chi connectivity index (χ4v) is 4.25. The molecule has 150 valence electrons. The molecule has 30 heavy (non-hydrogen) atoms. The molecule has 0 atom stereocenters. The molecule has 0 saturated carbocycles. The lowest BCUT2D eigenvalue weighted by Gasteiger charge is -2.21. The summed E-state index contributed by atoms with van der Waals surface area (Å²) in [6.45, 7) is 1.64. The van der Waals surface area contributed by atoms with Gasteiger partial charge in [-0.2, -0.15) is 10.1 Å². The summed E-state index contributed by atoms with van der Waals surface area (Å²) in [5, 5.41) is 27.8.